The minimum absolute atomic E-state index is 0.0686. The van der Waals surface area contributed by atoms with Crippen molar-refractivity contribution in [2.45, 2.75) is 201 Å². The minimum Gasteiger partial charge on any atom is -0.462 e. The molecule has 0 aliphatic heterocycles. The van der Waals surface area contributed by atoms with Gasteiger partial charge in [-0.3, -0.25) is 14.4 Å². The van der Waals surface area contributed by atoms with Crippen molar-refractivity contribution >= 4 is 17.9 Å². The third-order valence-electron chi connectivity index (χ3n) is 8.58. The molecule has 0 saturated carbocycles. The SMILES string of the molecule is CCCCCCCC(=O)OC[C@H](COC(=O)CCCCCCCCCCC(C)CC)OC(=O)CCCCCCCCC(C)C. The zero-order valence-corrected chi connectivity index (χ0v) is 29.8. The average Bonchev–Trinajstić information content (AvgIpc) is 3.00. The third kappa shape index (κ3) is 30.4. The number of esters is 3. The van der Waals surface area contributed by atoms with Crippen molar-refractivity contribution < 1.29 is 28.6 Å². The van der Waals surface area contributed by atoms with E-state index in [1.54, 1.807) is 0 Å². The number of carbonyl (C=O) groups is 3. The van der Waals surface area contributed by atoms with Gasteiger partial charge in [-0.1, -0.05) is 157 Å². The second-order valence-electron chi connectivity index (χ2n) is 13.6. The Hall–Kier alpha value is -1.59. The van der Waals surface area contributed by atoms with E-state index in [4.69, 9.17) is 14.2 Å². The average molecular weight is 625 g/mol. The number of carbonyl (C=O) groups excluding carboxylic acids is 3. The Morgan fingerprint density at radius 2 is 0.864 bits per heavy atom. The first-order valence-corrected chi connectivity index (χ1v) is 18.8. The van der Waals surface area contributed by atoms with Crippen LogP contribution in [0.3, 0.4) is 0 Å². The van der Waals surface area contributed by atoms with Gasteiger partial charge in [0, 0.05) is 19.3 Å². The summed E-state index contributed by atoms with van der Waals surface area (Å²) in [5.74, 6) is 0.719. The monoisotopic (exact) mass is 625 g/mol. The molecule has 6 heteroatoms. The van der Waals surface area contributed by atoms with E-state index in [2.05, 4.69) is 34.6 Å². The van der Waals surface area contributed by atoms with Crippen molar-refractivity contribution in [1.29, 1.82) is 0 Å². The van der Waals surface area contributed by atoms with Crippen LogP contribution in [0, 0.1) is 11.8 Å². The molecular formula is C38H72O6. The highest BCUT2D eigenvalue weighted by Gasteiger charge is 2.19. The van der Waals surface area contributed by atoms with Crippen LogP contribution in [0.5, 0.6) is 0 Å². The lowest BCUT2D eigenvalue weighted by Crippen LogP contribution is -2.30. The molecule has 0 aromatic rings. The highest BCUT2D eigenvalue weighted by atomic mass is 16.6. The molecule has 1 unspecified atom stereocenters. The molecule has 0 rings (SSSR count). The first-order valence-electron chi connectivity index (χ1n) is 18.8. The topological polar surface area (TPSA) is 78.9 Å². The van der Waals surface area contributed by atoms with E-state index in [0.717, 1.165) is 76.0 Å². The Morgan fingerprint density at radius 3 is 1.30 bits per heavy atom. The third-order valence-corrected chi connectivity index (χ3v) is 8.58. The van der Waals surface area contributed by atoms with E-state index >= 15 is 0 Å². The van der Waals surface area contributed by atoms with Crippen LogP contribution in [0.2, 0.25) is 0 Å². The van der Waals surface area contributed by atoms with Gasteiger partial charge >= 0.3 is 17.9 Å². The van der Waals surface area contributed by atoms with Gasteiger partial charge in [-0.05, 0) is 31.1 Å². The fourth-order valence-electron chi connectivity index (χ4n) is 5.31. The quantitative estimate of drug-likeness (QED) is 0.0421. The molecule has 0 fully saturated rings. The molecule has 0 bridgehead atoms. The summed E-state index contributed by atoms with van der Waals surface area (Å²) in [6.45, 7) is 11.1. The molecular weight excluding hydrogens is 552 g/mol. The van der Waals surface area contributed by atoms with Crippen molar-refractivity contribution in [3.05, 3.63) is 0 Å². The van der Waals surface area contributed by atoms with Gasteiger partial charge in [-0.2, -0.15) is 0 Å². The molecule has 0 amide bonds. The largest absolute Gasteiger partial charge is 0.462 e. The lowest BCUT2D eigenvalue weighted by molar-refractivity contribution is -0.167. The molecule has 0 aromatic heterocycles. The van der Waals surface area contributed by atoms with Gasteiger partial charge < -0.3 is 14.2 Å². The van der Waals surface area contributed by atoms with Crippen LogP contribution in [0.15, 0.2) is 0 Å². The number of hydrogen-bond acceptors (Lipinski definition) is 6. The normalized spacial score (nSPS) is 12.7. The zero-order valence-electron chi connectivity index (χ0n) is 29.8. The van der Waals surface area contributed by atoms with Gasteiger partial charge in [0.05, 0.1) is 0 Å². The van der Waals surface area contributed by atoms with Crippen LogP contribution in [-0.4, -0.2) is 37.2 Å². The van der Waals surface area contributed by atoms with Crippen molar-refractivity contribution in [3.63, 3.8) is 0 Å². The smallest absolute Gasteiger partial charge is 0.306 e. The number of ether oxygens (including phenoxy) is 3. The lowest BCUT2D eigenvalue weighted by atomic mass is 9.99. The molecule has 6 nitrogen and oxygen atoms in total. The number of unbranched alkanes of at least 4 members (excludes halogenated alkanes) is 16. The zero-order chi connectivity index (χ0) is 32.7. The molecule has 0 aromatic carbocycles. The van der Waals surface area contributed by atoms with Crippen LogP contribution >= 0.6 is 0 Å². The highest BCUT2D eigenvalue weighted by molar-refractivity contribution is 5.71. The molecule has 2 atom stereocenters. The van der Waals surface area contributed by atoms with Crippen molar-refractivity contribution in [2.75, 3.05) is 13.2 Å². The van der Waals surface area contributed by atoms with Gasteiger partial charge in [0.15, 0.2) is 6.10 Å². The van der Waals surface area contributed by atoms with E-state index in [1.165, 1.54) is 77.0 Å². The van der Waals surface area contributed by atoms with Crippen LogP contribution in [0.1, 0.15) is 195 Å². The molecule has 0 aliphatic carbocycles. The van der Waals surface area contributed by atoms with Gasteiger partial charge in [0.1, 0.15) is 13.2 Å². The van der Waals surface area contributed by atoms with Gasteiger partial charge in [0.25, 0.3) is 0 Å². The van der Waals surface area contributed by atoms with Crippen LogP contribution in [0.4, 0.5) is 0 Å². The molecule has 0 N–H and O–H groups in total. The Morgan fingerprint density at radius 1 is 0.477 bits per heavy atom. The summed E-state index contributed by atoms with van der Waals surface area (Å²) in [7, 11) is 0. The molecule has 0 radical (unpaired) electrons. The Bertz CT molecular complexity index is 676. The van der Waals surface area contributed by atoms with E-state index in [9.17, 15) is 14.4 Å². The standard InChI is InChI=1S/C38H72O6/c1-6-8-9-16-23-28-36(39)42-31-35(44-38(41)30-25-20-15-14-17-21-26-33(3)4)32-43-37(40)29-24-19-13-11-10-12-18-22-27-34(5)7-2/h33-35H,6-32H2,1-5H3/t34?,35-/m1/s1. The van der Waals surface area contributed by atoms with E-state index in [0.29, 0.717) is 19.3 Å². The summed E-state index contributed by atoms with van der Waals surface area (Å²) in [5, 5.41) is 0. The summed E-state index contributed by atoms with van der Waals surface area (Å²) in [6, 6.07) is 0. The minimum atomic E-state index is -0.758. The summed E-state index contributed by atoms with van der Waals surface area (Å²) < 4.78 is 16.5. The number of hydrogen-bond donors (Lipinski definition) is 0. The Balaban J connectivity index is 4.29. The molecule has 44 heavy (non-hydrogen) atoms. The van der Waals surface area contributed by atoms with E-state index < -0.39 is 6.10 Å². The maximum absolute atomic E-state index is 12.5. The molecule has 0 aliphatic rings. The summed E-state index contributed by atoms with van der Waals surface area (Å²) in [5.41, 5.74) is 0. The van der Waals surface area contributed by atoms with Gasteiger partial charge in [0.2, 0.25) is 0 Å². The van der Waals surface area contributed by atoms with Crippen molar-refractivity contribution in [3.8, 4) is 0 Å². The van der Waals surface area contributed by atoms with E-state index in [-0.39, 0.29) is 31.1 Å². The molecule has 0 saturated heterocycles. The number of rotatable bonds is 32. The molecule has 0 spiro atoms. The maximum Gasteiger partial charge on any atom is 0.306 e. The predicted molar refractivity (Wildman–Crippen MR) is 183 cm³/mol. The summed E-state index contributed by atoms with van der Waals surface area (Å²) in [4.78, 5) is 37.1. The van der Waals surface area contributed by atoms with Crippen molar-refractivity contribution in [2.24, 2.45) is 11.8 Å². The first kappa shape index (κ1) is 42.4. The van der Waals surface area contributed by atoms with Crippen LogP contribution in [-0.2, 0) is 28.6 Å². The fourth-order valence-corrected chi connectivity index (χ4v) is 5.31. The van der Waals surface area contributed by atoms with Crippen LogP contribution in [0.25, 0.3) is 0 Å². The second kappa shape index (κ2) is 31.4. The maximum atomic E-state index is 12.5. The Kier molecular flexibility index (Phi) is 30.3. The summed E-state index contributed by atoms with van der Waals surface area (Å²) in [6.07, 6.45) is 25.5. The second-order valence-corrected chi connectivity index (χ2v) is 13.6. The Labute approximate surface area is 272 Å². The van der Waals surface area contributed by atoms with Crippen molar-refractivity contribution in [1.82, 2.24) is 0 Å². The van der Waals surface area contributed by atoms with Gasteiger partial charge in [-0.15, -0.1) is 0 Å². The van der Waals surface area contributed by atoms with Gasteiger partial charge in [-0.25, -0.2) is 0 Å². The molecule has 260 valence electrons. The fraction of sp³-hybridized carbons (Fsp3) is 0.921. The first-order chi connectivity index (χ1) is 21.3. The van der Waals surface area contributed by atoms with E-state index in [1.807, 2.05) is 0 Å². The predicted octanol–water partition coefficient (Wildman–Crippen LogP) is 11.1. The molecule has 0 heterocycles. The lowest BCUT2D eigenvalue weighted by Gasteiger charge is -2.18. The van der Waals surface area contributed by atoms with Crippen LogP contribution < -0.4 is 0 Å². The summed E-state index contributed by atoms with van der Waals surface area (Å²) >= 11 is 0. The highest BCUT2D eigenvalue weighted by Crippen LogP contribution is 2.16.